The molecule has 0 radical (unpaired) electrons. The van der Waals surface area contributed by atoms with E-state index in [0.29, 0.717) is 16.0 Å². The molecule has 0 saturated heterocycles. The predicted molar refractivity (Wildman–Crippen MR) is 81.8 cm³/mol. The van der Waals surface area contributed by atoms with E-state index in [-0.39, 0.29) is 5.56 Å². The van der Waals surface area contributed by atoms with Crippen LogP contribution in [0.4, 0.5) is 0 Å². The Bertz CT molecular complexity index is 678. The van der Waals surface area contributed by atoms with Gasteiger partial charge in [0.05, 0.1) is 4.47 Å². The highest BCUT2D eigenvalue weighted by molar-refractivity contribution is 9.10. The number of aromatic carboxylic acids is 1. The van der Waals surface area contributed by atoms with Crippen LogP contribution in [0.1, 0.15) is 27.0 Å². The minimum Gasteiger partial charge on any atom is -0.478 e. The Labute approximate surface area is 126 Å². The SMILES string of the molecule is Cc1cc(C)c(C)c(Oc2c(Br)cccc2C(=O)O)c1. The fraction of sp³-hybridized carbons (Fsp3) is 0.188. The number of hydrogen-bond donors (Lipinski definition) is 1. The Morgan fingerprint density at radius 2 is 1.90 bits per heavy atom. The van der Waals surface area contributed by atoms with Crippen LogP contribution in [0.5, 0.6) is 11.5 Å². The van der Waals surface area contributed by atoms with Crippen LogP contribution in [-0.4, -0.2) is 11.1 Å². The molecule has 1 N–H and O–H groups in total. The van der Waals surface area contributed by atoms with Crippen LogP contribution in [0.3, 0.4) is 0 Å². The molecule has 20 heavy (non-hydrogen) atoms. The number of rotatable bonds is 3. The van der Waals surface area contributed by atoms with E-state index in [1.165, 1.54) is 6.07 Å². The average molecular weight is 335 g/mol. The lowest BCUT2D eigenvalue weighted by molar-refractivity contribution is 0.0694. The van der Waals surface area contributed by atoms with E-state index in [1.54, 1.807) is 12.1 Å². The van der Waals surface area contributed by atoms with Gasteiger partial charge < -0.3 is 9.84 Å². The first-order valence-corrected chi connectivity index (χ1v) is 6.97. The molecule has 2 aromatic rings. The molecule has 2 rings (SSSR count). The lowest BCUT2D eigenvalue weighted by atomic mass is 10.1. The maximum atomic E-state index is 11.3. The second kappa shape index (κ2) is 5.67. The molecule has 4 heteroatoms. The maximum absolute atomic E-state index is 11.3. The highest BCUT2D eigenvalue weighted by atomic mass is 79.9. The van der Waals surface area contributed by atoms with Gasteiger partial charge in [0.25, 0.3) is 0 Å². The summed E-state index contributed by atoms with van der Waals surface area (Å²) in [5, 5.41) is 9.25. The zero-order chi connectivity index (χ0) is 14.9. The number of ether oxygens (including phenoxy) is 1. The highest BCUT2D eigenvalue weighted by Gasteiger charge is 2.16. The highest BCUT2D eigenvalue weighted by Crippen LogP contribution is 2.35. The third-order valence-corrected chi connectivity index (χ3v) is 3.80. The normalized spacial score (nSPS) is 10.4. The van der Waals surface area contributed by atoms with Gasteiger partial charge in [-0.25, -0.2) is 4.79 Å². The second-order valence-corrected chi connectivity index (χ2v) is 5.58. The summed E-state index contributed by atoms with van der Waals surface area (Å²) in [6, 6.07) is 8.95. The van der Waals surface area contributed by atoms with Gasteiger partial charge in [0.1, 0.15) is 11.3 Å². The van der Waals surface area contributed by atoms with Gasteiger partial charge in [-0.05, 0) is 71.6 Å². The van der Waals surface area contributed by atoms with Crippen molar-refractivity contribution in [2.24, 2.45) is 0 Å². The zero-order valence-corrected chi connectivity index (χ0v) is 13.1. The van der Waals surface area contributed by atoms with Gasteiger partial charge >= 0.3 is 5.97 Å². The van der Waals surface area contributed by atoms with Crippen molar-refractivity contribution in [2.75, 3.05) is 0 Å². The van der Waals surface area contributed by atoms with E-state index >= 15 is 0 Å². The smallest absolute Gasteiger partial charge is 0.339 e. The number of carboxylic acid groups (broad SMARTS) is 1. The Hall–Kier alpha value is -1.81. The molecule has 2 aromatic carbocycles. The van der Waals surface area contributed by atoms with Crippen LogP contribution in [0.15, 0.2) is 34.8 Å². The van der Waals surface area contributed by atoms with E-state index in [9.17, 15) is 9.90 Å². The van der Waals surface area contributed by atoms with Gasteiger partial charge in [0.2, 0.25) is 0 Å². The first-order chi connectivity index (χ1) is 9.40. The lowest BCUT2D eigenvalue weighted by Crippen LogP contribution is -2.01. The van der Waals surface area contributed by atoms with Crippen LogP contribution in [0.25, 0.3) is 0 Å². The second-order valence-electron chi connectivity index (χ2n) is 4.73. The molecule has 3 nitrogen and oxygen atoms in total. The largest absolute Gasteiger partial charge is 0.478 e. The molecule has 0 heterocycles. The van der Waals surface area contributed by atoms with Gasteiger partial charge in [0, 0.05) is 0 Å². The van der Waals surface area contributed by atoms with Crippen molar-refractivity contribution >= 4 is 21.9 Å². The standard InChI is InChI=1S/C16H15BrO3/c1-9-7-10(2)11(3)14(8-9)20-15-12(16(18)19)5-4-6-13(15)17/h4-8H,1-3H3,(H,18,19). The third kappa shape index (κ3) is 2.85. The fourth-order valence-corrected chi connectivity index (χ4v) is 2.44. The molecule has 0 amide bonds. The molecule has 0 saturated carbocycles. The van der Waals surface area contributed by atoms with E-state index in [0.717, 1.165) is 16.7 Å². The molecule has 0 fully saturated rings. The summed E-state index contributed by atoms with van der Waals surface area (Å²) in [6.07, 6.45) is 0. The van der Waals surface area contributed by atoms with Crippen molar-refractivity contribution < 1.29 is 14.6 Å². The summed E-state index contributed by atoms with van der Waals surface area (Å²) >= 11 is 3.35. The summed E-state index contributed by atoms with van der Waals surface area (Å²) in [6.45, 7) is 5.95. The fourth-order valence-electron chi connectivity index (χ4n) is 2.00. The molecule has 0 aliphatic carbocycles. The van der Waals surface area contributed by atoms with Gasteiger partial charge in [-0.3, -0.25) is 0 Å². The Morgan fingerprint density at radius 3 is 2.55 bits per heavy atom. The average Bonchev–Trinajstić information content (AvgIpc) is 2.37. The molecular weight excluding hydrogens is 320 g/mol. The number of halogens is 1. The van der Waals surface area contributed by atoms with Crippen molar-refractivity contribution in [2.45, 2.75) is 20.8 Å². The van der Waals surface area contributed by atoms with Gasteiger partial charge in [-0.1, -0.05) is 12.1 Å². The number of benzene rings is 2. The molecule has 0 unspecified atom stereocenters. The number of para-hydroxylation sites is 1. The summed E-state index contributed by atoms with van der Waals surface area (Å²) < 4.78 is 6.49. The van der Waals surface area contributed by atoms with Crippen LogP contribution in [-0.2, 0) is 0 Å². The molecular formula is C16H15BrO3. The van der Waals surface area contributed by atoms with Gasteiger partial charge in [-0.2, -0.15) is 0 Å². The first-order valence-electron chi connectivity index (χ1n) is 6.17. The van der Waals surface area contributed by atoms with E-state index < -0.39 is 5.97 Å². The summed E-state index contributed by atoms with van der Waals surface area (Å²) in [4.78, 5) is 11.3. The third-order valence-electron chi connectivity index (χ3n) is 3.17. The minimum absolute atomic E-state index is 0.137. The molecule has 0 aliphatic heterocycles. The van der Waals surface area contributed by atoms with Crippen molar-refractivity contribution in [1.29, 1.82) is 0 Å². The first kappa shape index (κ1) is 14.6. The van der Waals surface area contributed by atoms with Gasteiger partial charge in [0.15, 0.2) is 5.75 Å². The topological polar surface area (TPSA) is 46.5 Å². The predicted octanol–water partition coefficient (Wildman–Crippen LogP) is 4.86. The number of carboxylic acids is 1. The molecule has 0 bridgehead atoms. The van der Waals surface area contributed by atoms with E-state index in [4.69, 9.17) is 4.74 Å². The van der Waals surface area contributed by atoms with Crippen molar-refractivity contribution in [3.05, 3.63) is 57.1 Å². The molecule has 0 aromatic heterocycles. The van der Waals surface area contributed by atoms with Crippen LogP contribution < -0.4 is 4.74 Å². The van der Waals surface area contributed by atoms with E-state index in [2.05, 4.69) is 22.0 Å². The van der Waals surface area contributed by atoms with Crippen LogP contribution in [0.2, 0.25) is 0 Å². The molecule has 0 aliphatic rings. The minimum atomic E-state index is -1.01. The van der Waals surface area contributed by atoms with Crippen molar-refractivity contribution in [1.82, 2.24) is 0 Å². The van der Waals surface area contributed by atoms with E-state index in [1.807, 2.05) is 26.8 Å². The number of aryl methyl sites for hydroxylation is 2. The lowest BCUT2D eigenvalue weighted by Gasteiger charge is -2.14. The quantitative estimate of drug-likeness (QED) is 0.871. The van der Waals surface area contributed by atoms with Crippen molar-refractivity contribution in [3.8, 4) is 11.5 Å². The molecule has 0 spiro atoms. The Morgan fingerprint density at radius 1 is 1.20 bits per heavy atom. The van der Waals surface area contributed by atoms with Gasteiger partial charge in [-0.15, -0.1) is 0 Å². The Kier molecular flexibility index (Phi) is 4.14. The summed E-state index contributed by atoms with van der Waals surface area (Å²) in [5.74, 6) is -0.00618. The zero-order valence-electron chi connectivity index (χ0n) is 11.5. The van der Waals surface area contributed by atoms with Crippen LogP contribution >= 0.6 is 15.9 Å². The molecule has 0 atom stereocenters. The maximum Gasteiger partial charge on any atom is 0.339 e. The summed E-state index contributed by atoms with van der Waals surface area (Å²) in [7, 11) is 0. The van der Waals surface area contributed by atoms with Crippen molar-refractivity contribution in [3.63, 3.8) is 0 Å². The molecule has 104 valence electrons. The van der Waals surface area contributed by atoms with Crippen LogP contribution in [0, 0.1) is 20.8 Å². The number of hydrogen-bond acceptors (Lipinski definition) is 2. The summed E-state index contributed by atoms with van der Waals surface area (Å²) in [5.41, 5.74) is 3.33. The Balaban J connectivity index is 2.53. The monoisotopic (exact) mass is 334 g/mol. The number of carbonyl (C=O) groups is 1.